The predicted octanol–water partition coefficient (Wildman–Crippen LogP) is 2.66. The fourth-order valence-electron chi connectivity index (χ4n) is 1.08. The first-order chi connectivity index (χ1) is 6.07. The Bertz CT molecular complexity index is 153. The summed E-state index contributed by atoms with van der Waals surface area (Å²) in [5.41, 5.74) is 4.87. The van der Waals surface area contributed by atoms with Crippen molar-refractivity contribution in [2.45, 2.75) is 51.0 Å². The maximum Gasteiger partial charge on any atom is 0.404 e. The summed E-state index contributed by atoms with van der Waals surface area (Å²) in [7, 11) is 0. The Labute approximate surface area is 84.6 Å². The minimum absolute atomic E-state index is 0.126. The van der Waals surface area contributed by atoms with E-state index in [0.29, 0.717) is 0 Å². The summed E-state index contributed by atoms with van der Waals surface area (Å²) < 4.78 is 4.75. The molecule has 0 rings (SSSR count). The molecule has 0 aliphatic carbocycles. The fraction of sp³-hybridized carbons (Fsp3) is 0.889. The molecule has 0 fully saturated rings. The van der Waals surface area contributed by atoms with Gasteiger partial charge in [0.2, 0.25) is 0 Å². The summed E-state index contributed by atoms with van der Waals surface area (Å²) in [4.78, 5) is 10.4. The third-order valence-electron chi connectivity index (χ3n) is 1.89. The van der Waals surface area contributed by atoms with Crippen molar-refractivity contribution in [2.24, 2.45) is 5.73 Å². The van der Waals surface area contributed by atoms with Crippen LogP contribution in [0.15, 0.2) is 0 Å². The third kappa shape index (κ3) is 6.70. The van der Waals surface area contributed by atoms with E-state index < -0.39 is 6.09 Å². The van der Waals surface area contributed by atoms with Gasteiger partial charge in [-0.2, -0.15) is 0 Å². The number of nitrogens with two attached hydrogens (primary N) is 1. The molecule has 0 aromatic carbocycles. The van der Waals surface area contributed by atoms with Gasteiger partial charge in [-0.05, 0) is 13.3 Å². The van der Waals surface area contributed by atoms with E-state index in [2.05, 4.69) is 6.92 Å². The highest BCUT2D eigenvalue weighted by Gasteiger charge is 2.16. The number of unbranched alkanes of at least 4 members (excludes halogenated alkanes) is 2. The molecule has 0 spiro atoms. The summed E-state index contributed by atoms with van der Waals surface area (Å²) in [6, 6.07) is 0. The van der Waals surface area contributed by atoms with Crippen LogP contribution < -0.4 is 5.73 Å². The number of amides is 1. The minimum Gasteiger partial charge on any atom is -0.445 e. The molecule has 0 heterocycles. The second-order valence-electron chi connectivity index (χ2n) is 3.15. The Balaban J connectivity index is 3.56. The number of carbonyl (C=O) groups excluding carboxylic acids is 1. The number of rotatable bonds is 6. The van der Waals surface area contributed by atoms with Gasteiger partial charge in [0.25, 0.3) is 0 Å². The van der Waals surface area contributed by atoms with Crippen molar-refractivity contribution in [3.8, 4) is 0 Å². The fourth-order valence-corrected chi connectivity index (χ4v) is 1.29. The van der Waals surface area contributed by atoms with Gasteiger partial charge >= 0.3 is 6.09 Å². The number of ether oxygens (including phenoxy) is 1. The lowest BCUT2D eigenvalue weighted by molar-refractivity contribution is 0.112. The van der Waals surface area contributed by atoms with Crippen LogP contribution in [0.5, 0.6) is 0 Å². The average molecular weight is 208 g/mol. The average Bonchev–Trinajstić information content (AvgIpc) is 2.03. The summed E-state index contributed by atoms with van der Waals surface area (Å²) in [5, 5.41) is -0.126. The summed E-state index contributed by atoms with van der Waals surface area (Å²) in [6.45, 7) is 3.89. The topological polar surface area (TPSA) is 52.3 Å². The molecule has 0 bridgehead atoms. The second kappa shape index (κ2) is 7.01. The van der Waals surface area contributed by atoms with Crippen molar-refractivity contribution in [1.29, 1.82) is 0 Å². The van der Waals surface area contributed by atoms with Crippen molar-refractivity contribution in [2.75, 3.05) is 0 Å². The van der Waals surface area contributed by atoms with Crippen LogP contribution in [0.3, 0.4) is 0 Å². The van der Waals surface area contributed by atoms with E-state index in [1.165, 1.54) is 0 Å². The summed E-state index contributed by atoms with van der Waals surface area (Å²) in [6.07, 6.45) is 3.20. The molecule has 0 aromatic rings. The van der Waals surface area contributed by atoms with Gasteiger partial charge in [-0.15, -0.1) is 11.6 Å². The normalized spacial score (nSPS) is 15.0. The van der Waals surface area contributed by atoms with Crippen LogP contribution in [-0.4, -0.2) is 17.6 Å². The highest BCUT2D eigenvalue weighted by Crippen LogP contribution is 2.14. The Kier molecular flexibility index (Phi) is 6.77. The van der Waals surface area contributed by atoms with Crippen molar-refractivity contribution < 1.29 is 9.53 Å². The van der Waals surface area contributed by atoms with E-state index in [9.17, 15) is 4.79 Å². The Hall–Kier alpha value is -0.440. The number of alkyl halides is 1. The van der Waals surface area contributed by atoms with E-state index in [1.807, 2.05) is 0 Å². The molecule has 0 aliphatic rings. The lowest BCUT2D eigenvalue weighted by atomic mass is 10.1. The van der Waals surface area contributed by atoms with E-state index in [4.69, 9.17) is 22.1 Å². The standard InChI is InChI=1S/C9H18ClNO2/c1-3-4-5-6-8(10)7(2)13-9(11)12/h7-8H,3-6H2,1-2H3,(H2,11,12). The quantitative estimate of drug-likeness (QED) is 0.538. The van der Waals surface area contributed by atoms with Crippen LogP contribution >= 0.6 is 11.6 Å². The van der Waals surface area contributed by atoms with Crippen LogP contribution in [0.25, 0.3) is 0 Å². The van der Waals surface area contributed by atoms with E-state index in [0.717, 1.165) is 25.7 Å². The van der Waals surface area contributed by atoms with Crippen molar-refractivity contribution >= 4 is 17.7 Å². The molecular formula is C9H18ClNO2. The van der Waals surface area contributed by atoms with Crippen LogP contribution in [0.1, 0.15) is 39.5 Å². The molecule has 0 aromatic heterocycles. The zero-order valence-electron chi connectivity index (χ0n) is 8.25. The van der Waals surface area contributed by atoms with E-state index in [1.54, 1.807) is 6.92 Å². The number of halogens is 1. The summed E-state index contributed by atoms with van der Waals surface area (Å²) in [5.74, 6) is 0. The van der Waals surface area contributed by atoms with Gasteiger partial charge in [-0.25, -0.2) is 4.79 Å². The molecule has 0 aliphatic heterocycles. The van der Waals surface area contributed by atoms with Gasteiger partial charge in [-0.3, -0.25) is 0 Å². The smallest absolute Gasteiger partial charge is 0.404 e. The van der Waals surface area contributed by atoms with Gasteiger partial charge in [0, 0.05) is 0 Å². The van der Waals surface area contributed by atoms with Crippen LogP contribution in [0, 0.1) is 0 Å². The maximum atomic E-state index is 10.4. The minimum atomic E-state index is -0.756. The Morgan fingerprint density at radius 2 is 2.15 bits per heavy atom. The second-order valence-corrected chi connectivity index (χ2v) is 3.71. The Morgan fingerprint density at radius 3 is 2.62 bits per heavy atom. The lowest BCUT2D eigenvalue weighted by Gasteiger charge is -2.16. The third-order valence-corrected chi connectivity index (χ3v) is 2.47. The maximum absolute atomic E-state index is 10.4. The number of hydrogen-bond donors (Lipinski definition) is 1. The molecule has 2 N–H and O–H groups in total. The van der Waals surface area contributed by atoms with Crippen LogP contribution in [-0.2, 0) is 4.74 Å². The van der Waals surface area contributed by atoms with Crippen molar-refractivity contribution in [3.05, 3.63) is 0 Å². The molecular weight excluding hydrogens is 190 g/mol. The highest BCUT2D eigenvalue weighted by molar-refractivity contribution is 6.21. The van der Waals surface area contributed by atoms with Crippen molar-refractivity contribution in [3.63, 3.8) is 0 Å². The zero-order valence-corrected chi connectivity index (χ0v) is 9.01. The van der Waals surface area contributed by atoms with Crippen LogP contribution in [0.4, 0.5) is 4.79 Å². The Morgan fingerprint density at radius 1 is 1.54 bits per heavy atom. The van der Waals surface area contributed by atoms with Gasteiger partial charge < -0.3 is 10.5 Å². The molecule has 0 radical (unpaired) electrons. The molecule has 2 atom stereocenters. The SMILES string of the molecule is CCCCCC(Cl)C(C)OC(N)=O. The number of primary amides is 1. The molecule has 4 heteroatoms. The van der Waals surface area contributed by atoms with Gasteiger partial charge in [0.05, 0.1) is 5.38 Å². The predicted molar refractivity (Wildman–Crippen MR) is 53.9 cm³/mol. The molecule has 0 saturated heterocycles. The number of hydrogen-bond acceptors (Lipinski definition) is 2. The largest absolute Gasteiger partial charge is 0.445 e. The molecule has 1 amide bonds. The van der Waals surface area contributed by atoms with Gasteiger partial charge in [0.1, 0.15) is 6.10 Å². The molecule has 3 nitrogen and oxygen atoms in total. The molecule has 0 saturated carbocycles. The lowest BCUT2D eigenvalue weighted by Crippen LogP contribution is -2.27. The van der Waals surface area contributed by atoms with Crippen LogP contribution in [0.2, 0.25) is 0 Å². The first-order valence-corrected chi connectivity index (χ1v) is 5.11. The van der Waals surface area contributed by atoms with Gasteiger partial charge in [-0.1, -0.05) is 26.2 Å². The molecule has 2 unspecified atom stereocenters. The van der Waals surface area contributed by atoms with E-state index >= 15 is 0 Å². The first kappa shape index (κ1) is 12.6. The highest BCUT2D eigenvalue weighted by atomic mass is 35.5. The summed E-state index contributed by atoms with van der Waals surface area (Å²) >= 11 is 5.98. The van der Waals surface area contributed by atoms with Gasteiger partial charge in [0.15, 0.2) is 0 Å². The molecule has 13 heavy (non-hydrogen) atoms. The van der Waals surface area contributed by atoms with Crippen molar-refractivity contribution in [1.82, 2.24) is 0 Å². The number of carbonyl (C=O) groups is 1. The monoisotopic (exact) mass is 207 g/mol. The zero-order chi connectivity index (χ0) is 10.3. The molecule has 78 valence electrons. The van der Waals surface area contributed by atoms with E-state index in [-0.39, 0.29) is 11.5 Å². The first-order valence-electron chi connectivity index (χ1n) is 4.68.